The van der Waals surface area contributed by atoms with Crippen LogP contribution in [0.3, 0.4) is 0 Å². The van der Waals surface area contributed by atoms with Gasteiger partial charge >= 0.3 is 0 Å². The van der Waals surface area contributed by atoms with Crippen molar-refractivity contribution in [2.45, 2.75) is 65.1 Å². The maximum Gasteiger partial charge on any atom is 0.220 e. The summed E-state index contributed by atoms with van der Waals surface area (Å²) in [4.78, 5) is 18.6. The zero-order chi connectivity index (χ0) is 19.8. The summed E-state index contributed by atoms with van der Waals surface area (Å²) in [5, 5.41) is 7.28. The zero-order valence-electron chi connectivity index (χ0n) is 17.2. The van der Waals surface area contributed by atoms with E-state index in [2.05, 4.69) is 58.4 Å². The van der Waals surface area contributed by atoms with Crippen LogP contribution in [0.1, 0.15) is 50.7 Å². The van der Waals surface area contributed by atoms with E-state index in [9.17, 15) is 4.79 Å². The lowest BCUT2D eigenvalue weighted by Crippen LogP contribution is -2.47. The lowest BCUT2D eigenvalue weighted by Gasteiger charge is -2.33. The Morgan fingerprint density at radius 3 is 2.75 bits per heavy atom. The first kappa shape index (κ1) is 20.5. The van der Waals surface area contributed by atoms with Crippen LogP contribution in [0.5, 0.6) is 0 Å². The number of aromatic nitrogens is 3. The number of benzene rings is 1. The van der Waals surface area contributed by atoms with Crippen molar-refractivity contribution in [3.63, 3.8) is 0 Å². The molecule has 0 saturated carbocycles. The van der Waals surface area contributed by atoms with Gasteiger partial charge in [0.05, 0.1) is 0 Å². The van der Waals surface area contributed by atoms with Gasteiger partial charge in [0.15, 0.2) is 0 Å². The fourth-order valence-electron chi connectivity index (χ4n) is 3.88. The fourth-order valence-corrected chi connectivity index (χ4v) is 3.88. The second-order valence-electron chi connectivity index (χ2n) is 8.32. The summed E-state index contributed by atoms with van der Waals surface area (Å²) < 4.78 is 1.77. The van der Waals surface area contributed by atoms with Crippen molar-refractivity contribution in [2.24, 2.45) is 5.92 Å². The highest BCUT2D eigenvalue weighted by Gasteiger charge is 2.21. The van der Waals surface area contributed by atoms with E-state index in [0.29, 0.717) is 12.3 Å². The lowest BCUT2D eigenvalue weighted by molar-refractivity contribution is -0.122. The van der Waals surface area contributed by atoms with Gasteiger partial charge in [-0.15, -0.1) is 0 Å². The Hall–Kier alpha value is -2.21. The first-order valence-electron chi connectivity index (χ1n) is 10.5. The Morgan fingerprint density at radius 1 is 1.25 bits per heavy atom. The minimum atomic E-state index is 0.144. The molecule has 2 heterocycles. The molecule has 1 aromatic heterocycles. The van der Waals surface area contributed by atoms with Crippen LogP contribution in [0.2, 0.25) is 0 Å². The molecule has 1 atom stereocenters. The molecule has 152 valence electrons. The van der Waals surface area contributed by atoms with E-state index >= 15 is 0 Å². The summed E-state index contributed by atoms with van der Waals surface area (Å²) in [6.45, 7) is 8.24. The van der Waals surface area contributed by atoms with Gasteiger partial charge in [0, 0.05) is 32.1 Å². The molecule has 0 aliphatic carbocycles. The average Bonchev–Trinajstić information content (AvgIpc) is 3.17. The number of nitrogens with zero attached hydrogens (tertiary/aromatic N) is 4. The number of amides is 1. The molecule has 1 aromatic carbocycles. The van der Waals surface area contributed by atoms with Gasteiger partial charge in [0.1, 0.15) is 12.7 Å². The normalized spacial score (nSPS) is 17.8. The highest BCUT2D eigenvalue weighted by atomic mass is 16.1. The number of carbonyl (C=O) groups is 1. The molecule has 1 fully saturated rings. The molecule has 2 aromatic rings. The lowest BCUT2D eigenvalue weighted by atomic mass is 10.0. The summed E-state index contributed by atoms with van der Waals surface area (Å²) in [7, 11) is 0. The smallest absolute Gasteiger partial charge is 0.220 e. The first-order valence-corrected chi connectivity index (χ1v) is 10.5. The Morgan fingerprint density at radius 2 is 2.04 bits per heavy atom. The van der Waals surface area contributed by atoms with E-state index in [0.717, 1.165) is 51.9 Å². The van der Waals surface area contributed by atoms with Crippen LogP contribution >= 0.6 is 0 Å². The maximum atomic E-state index is 12.3. The van der Waals surface area contributed by atoms with Crippen LogP contribution in [0.4, 0.5) is 0 Å². The minimum Gasteiger partial charge on any atom is -0.352 e. The second-order valence-corrected chi connectivity index (χ2v) is 8.32. The molecule has 3 rings (SSSR count). The van der Waals surface area contributed by atoms with Crippen LogP contribution in [0.15, 0.2) is 36.9 Å². The van der Waals surface area contributed by atoms with Gasteiger partial charge in [-0.2, -0.15) is 5.10 Å². The number of aryl methyl sites for hydroxylation is 1. The highest BCUT2D eigenvalue weighted by molar-refractivity contribution is 5.76. The topological polar surface area (TPSA) is 63.1 Å². The van der Waals surface area contributed by atoms with E-state index < -0.39 is 0 Å². The third-order valence-corrected chi connectivity index (χ3v) is 5.20. The van der Waals surface area contributed by atoms with Crippen molar-refractivity contribution in [2.75, 3.05) is 13.1 Å². The predicted octanol–water partition coefficient (Wildman–Crippen LogP) is 3.04. The van der Waals surface area contributed by atoms with E-state index in [-0.39, 0.29) is 11.9 Å². The molecule has 0 bridgehead atoms. The van der Waals surface area contributed by atoms with E-state index in [1.807, 2.05) is 0 Å². The maximum absolute atomic E-state index is 12.3. The molecule has 1 aliphatic rings. The van der Waals surface area contributed by atoms with Crippen LogP contribution < -0.4 is 5.32 Å². The molecule has 0 radical (unpaired) electrons. The third kappa shape index (κ3) is 6.75. The minimum absolute atomic E-state index is 0.144. The molecular formula is C22H33N5O. The van der Waals surface area contributed by atoms with Gasteiger partial charge in [0.2, 0.25) is 5.91 Å². The fraction of sp³-hybridized carbons (Fsp3) is 0.591. The zero-order valence-corrected chi connectivity index (χ0v) is 17.2. The van der Waals surface area contributed by atoms with Crippen LogP contribution in [0, 0.1) is 5.92 Å². The second kappa shape index (κ2) is 10.4. The number of carbonyl (C=O) groups excluding carboxylic acids is 1. The van der Waals surface area contributed by atoms with Gasteiger partial charge in [-0.1, -0.05) is 38.1 Å². The Balaban J connectivity index is 1.40. The SMILES string of the molecule is CC(C)Cc1ccc(CN2CCC[C@H](NC(=O)CCCn3cncn3)C2)cc1. The summed E-state index contributed by atoms with van der Waals surface area (Å²) in [6.07, 6.45) is 7.87. The number of hydrogen-bond donors (Lipinski definition) is 1. The third-order valence-electron chi connectivity index (χ3n) is 5.20. The van der Waals surface area contributed by atoms with Crippen LogP contribution in [-0.2, 0) is 24.3 Å². The van der Waals surface area contributed by atoms with E-state index in [4.69, 9.17) is 0 Å². The van der Waals surface area contributed by atoms with E-state index in [1.54, 1.807) is 11.0 Å². The molecule has 28 heavy (non-hydrogen) atoms. The molecule has 1 aliphatic heterocycles. The Labute approximate surface area is 168 Å². The quantitative estimate of drug-likeness (QED) is 0.723. The molecule has 1 saturated heterocycles. The Kier molecular flexibility index (Phi) is 7.60. The van der Waals surface area contributed by atoms with Crippen molar-refractivity contribution in [1.82, 2.24) is 25.0 Å². The number of rotatable bonds is 9. The van der Waals surface area contributed by atoms with Gasteiger partial charge in [-0.05, 0) is 49.3 Å². The highest BCUT2D eigenvalue weighted by Crippen LogP contribution is 2.16. The van der Waals surface area contributed by atoms with Crippen LogP contribution in [-0.4, -0.2) is 44.7 Å². The van der Waals surface area contributed by atoms with Gasteiger partial charge in [-0.25, -0.2) is 4.98 Å². The molecule has 6 heteroatoms. The first-order chi connectivity index (χ1) is 13.6. The standard InChI is InChI=1S/C22H33N5O/c1-18(2)13-19-7-9-20(10-8-19)14-26-11-3-5-21(15-26)25-22(28)6-4-12-27-17-23-16-24-27/h7-10,16-18,21H,3-6,11-15H2,1-2H3,(H,25,28)/t21-/m0/s1. The van der Waals surface area contributed by atoms with Gasteiger partial charge in [-0.3, -0.25) is 14.4 Å². The summed E-state index contributed by atoms with van der Waals surface area (Å²) in [5.74, 6) is 0.832. The van der Waals surface area contributed by atoms with Crippen molar-refractivity contribution < 1.29 is 4.79 Å². The number of nitrogens with one attached hydrogen (secondary N) is 1. The number of piperidine rings is 1. The van der Waals surface area contributed by atoms with Crippen LogP contribution in [0.25, 0.3) is 0 Å². The molecule has 0 unspecified atom stereocenters. The predicted molar refractivity (Wildman–Crippen MR) is 111 cm³/mol. The monoisotopic (exact) mass is 383 g/mol. The van der Waals surface area contributed by atoms with Gasteiger partial charge in [0.25, 0.3) is 0 Å². The summed E-state index contributed by atoms with van der Waals surface area (Å²) in [5.41, 5.74) is 2.76. The Bertz CT molecular complexity index is 711. The van der Waals surface area contributed by atoms with E-state index in [1.165, 1.54) is 17.5 Å². The van der Waals surface area contributed by atoms with Crippen molar-refractivity contribution in [3.05, 3.63) is 48.0 Å². The largest absolute Gasteiger partial charge is 0.352 e. The number of likely N-dealkylation sites (tertiary alicyclic amines) is 1. The van der Waals surface area contributed by atoms with Gasteiger partial charge < -0.3 is 5.32 Å². The molecule has 1 N–H and O–H groups in total. The molecule has 1 amide bonds. The van der Waals surface area contributed by atoms with Crippen molar-refractivity contribution >= 4 is 5.91 Å². The molecular weight excluding hydrogens is 350 g/mol. The molecule has 0 spiro atoms. The summed E-state index contributed by atoms with van der Waals surface area (Å²) >= 11 is 0. The van der Waals surface area contributed by atoms with Crippen molar-refractivity contribution in [1.29, 1.82) is 0 Å². The summed E-state index contributed by atoms with van der Waals surface area (Å²) in [6, 6.07) is 9.28. The number of hydrogen-bond acceptors (Lipinski definition) is 4. The van der Waals surface area contributed by atoms with Crippen molar-refractivity contribution in [3.8, 4) is 0 Å². The molecule has 6 nitrogen and oxygen atoms in total. The average molecular weight is 384 g/mol.